The molecule has 3 heteroatoms. The normalized spacial score (nSPS) is 22.8. The van der Waals surface area contributed by atoms with E-state index < -0.39 is 0 Å². The predicted octanol–water partition coefficient (Wildman–Crippen LogP) is 2.51. The van der Waals surface area contributed by atoms with Crippen LogP contribution in [0.1, 0.15) is 39.2 Å². The predicted molar refractivity (Wildman–Crippen MR) is 82.6 cm³/mol. The van der Waals surface area contributed by atoms with Gasteiger partial charge in [-0.25, -0.2) is 0 Å². The number of amides is 1. The van der Waals surface area contributed by atoms with Crippen LogP contribution >= 0.6 is 0 Å². The Kier molecular flexibility index (Phi) is 4.81. The quantitative estimate of drug-likeness (QED) is 0.866. The Morgan fingerprint density at radius 1 is 1.35 bits per heavy atom. The second kappa shape index (κ2) is 6.40. The molecule has 0 saturated carbocycles. The van der Waals surface area contributed by atoms with Crippen LogP contribution in [0.2, 0.25) is 0 Å². The maximum absolute atomic E-state index is 12.3. The zero-order valence-corrected chi connectivity index (χ0v) is 12.8. The molecule has 2 atom stereocenters. The van der Waals surface area contributed by atoms with Crippen molar-refractivity contribution in [3.8, 4) is 0 Å². The zero-order chi connectivity index (χ0) is 14.6. The number of aryl methyl sites for hydroxylation is 1. The molecule has 0 spiro atoms. The van der Waals surface area contributed by atoms with Crippen molar-refractivity contribution in [2.75, 3.05) is 6.54 Å². The molecule has 20 heavy (non-hydrogen) atoms. The van der Waals surface area contributed by atoms with Crippen LogP contribution in [0.5, 0.6) is 0 Å². The molecule has 2 N–H and O–H groups in total. The Hall–Kier alpha value is -1.35. The second-order valence-corrected chi connectivity index (χ2v) is 6.50. The van der Waals surface area contributed by atoms with Crippen LogP contribution < -0.4 is 10.6 Å². The molecule has 1 aromatic carbocycles. The molecular formula is C17H26N2O. The van der Waals surface area contributed by atoms with Crippen molar-refractivity contribution in [2.24, 2.45) is 5.92 Å². The van der Waals surface area contributed by atoms with Crippen molar-refractivity contribution in [1.82, 2.24) is 10.6 Å². The Balaban J connectivity index is 1.85. The number of benzene rings is 1. The summed E-state index contributed by atoms with van der Waals surface area (Å²) in [5, 5.41) is 6.55. The largest absolute Gasteiger partial charge is 0.351 e. The van der Waals surface area contributed by atoms with Crippen LogP contribution in [0.3, 0.4) is 0 Å². The molecular weight excluding hydrogens is 248 g/mol. The fraction of sp³-hybridized carbons (Fsp3) is 0.588. The summed E-state index contributed by atoms with van der Waals surface area (Å²) >= 11 is 0. The topological polar surface area (TPSA) is 41.1 Å². The first-order valence-electron chi connectivity index (χ1n) is 7.57. The minimum atomic E-state index is -0.158. The molecule has 1 fully saturated rings. The minimum Gasteiger partial charge on any atom is -0.351 e. The Labute approximate surface area is 122 Å². The van der Waals surface area contributed by atoms with E-state index in [0.717, 1.165) is 25.8 Å². The van der Waals surface area contributed by atoms with Crippen molar-refractivity contribution in [1.29, 1.82) is 0 Å². The Morgan fingerprint density at radius 2 is 2.05 bits per heavy atom. The molecule has 0 aromatic heterocycles. The summed E-state index contributed by atoms with van der Waals surface area (Å²) in [6.45, 7) is 7.26. The summed E-state index contributed by atoms with van der Waals surface area (Å²) in [5.74, 6) is 0.312. The monoisotopic (exact) mass is 274 g/mol. The van der Waals surface area contributed by atoms with E-state index in [0.29, 0.717) is 6.04 Å². The smallest absolute Gasteiger partial charge is 0.225 e. The van der Waals surface area contributed by atoms with Crippen molar-refractivity contribution in [3.05, 3.63) is 35.9 Å². The van der Waals surface area contributed by atoms with Gasteiger partial charge in [0.05, 0.1) is 5.92 Å². The number of hydrogen-bond donors (Lipinski definition) is 2. The fourth-order valence-corrected chi connectivity index (χ4v) is 2.81. The third-order valence-corrected chi connectivity index (χ3v) is 4.21. The number of carbonyl (C=O) groups excluding carboxylic acids is 1. The van der Waals surface area contributed by atoms with Gasteiger partial charge in [-0.3, -0.25) is 4.79 Å². The minimum absolute atomic E-state index is 0.117. The van der Waals surface area contributed by atoms with Crippen LogP contribution in [0.15, 0.2) is 30.3 Å². The van der Waals surface area contributed by atoms with Crippen molar-refractivity contribution in [3.63, 3.8) is 0 Å². The average molecular weight is 274 g/mol. The number of hydrogen-bond acceptors (Lipinski definition) is 2. The van der Waals surface area contributed by atoms with Gasteiger partial charge in [0.1, 0.15) is 0 Å². The van der Waals surface area contributed by atoms with Crippen LogP contribution in [0.4, 0.5) is 0 Å². The van der Waals surface area contributed by atoms with Gasteiger partial charge in [0.2, 0.25) is 5.91 Å². The third kappa shape index (κ3) is 4.07. The highest BCUT2D eigenvalue weighted by Gasteiger charge is 2.32. The van der Waals surface area contributed by atoms with Crippen LogP contribution in [-0.2, 0) is 11.2 Å². The molecule has 110 valence electrons. The molecule has 0 aliphatic carbocycles. The highest BCUT2D eigenvalue weighted by Crippen LogP contribution is 2.19. The first-order chi connectivity index (χ1) is 9.48. The van der Waals surface area contributed by atoms with Crippen molar-refractivity contribution in [2.45, 2.75) is 51.6 Å². The van der Waals surface area contributed by atoms with Gasteiger partial charge >= 0.3 is 0 Å². The van der Waals surface area contributed by atoms with E-state index in [9.17, 15) is 4.79 Å². The van der Waals surface area contributed by atoms with E-state index in [1.165, 1.54) is 5.56 Å². The molecule has 0 bridgehead atoms. The number of rotatable bonds is 5. The molecule has 1 heterocycles. The summed E-state index contributed by atoms with van der Waals surface area (Å²) in [5.41, 5.74) is 1.17. The molecule has 2 unspecified atom stereocenters. The molecule has 3 nitrogen and oxygen atoms in total. The summed E-state index contributed by atoms with van der Waals surface area (Å²) in [4.78, 5) is 12.3. The molecule has 1 aliphatic heterocycles. The lowest BCUT2D eigenvalue weighted by atomic mass is 9.93. The van der Waals surface area contributed by atoms with E-state index in [4.69, 9.17) is 0 Å². The van der Waals surface area contributed by atoms with Gasteiger partial charge in [0, 0.05) is 11.6 Å². The van der Waals surface area contributed by atoms with E-state index in [2.05, 4.69) is 55.7 Å². The van der Waals surface area contributed by atoms with Gasteiger partial charge in [-0.05, 0) is 52.1 Å². The van der Waals surface area contributed by atoms with Gasteiger partial charge in [-0.15, -0.1) is 0 Å². The lowest BCUT2D eigenvalue weighted by molar-refractivity contribution is -0.126. The molecule has 2 rings (SSSR count). The lowest BCUT2D eigenvalue weighted by Crippen LogP contribution is -2.48. The maximum atomic E-state index is 12.3. The van der Waals surface area contributed by atoms with E-state index >= 15 is 0 Å². The van der Waals surface area contributed by atoms with E-state index in [1.807, 2.05) is 6.07 Å². The van der Waals surface area contributed by atoms with Crippen molar-refractivity contribution < 1.29 is 4.79 Å². The van der Waals surface area contributed by atoms with Gasteiger partial charge in [0.25, 0.3) is 0 Å². The molecule has 0 radical (unpaired) electrons. The van der Waals surface area contributed by atoms with Gasteiger partial charge in [-0.2, -0.15) is 0 Å². The van der Waals surface area contributed by atoms with Gasteiger partial charge in [0.15, 0.2) is 0 Å². The highest BCUT2D eigenvalue weighted by molar-refractivity contribution is 5.80. The lowest BCUT2D eigenvalue weighted by Gasteiger charge is -2.29. The summed E-state index contributed by atoms with van der Waals surface area (Å²) in [6, 6.07) is 10.7. The standard InChI is InChI=1S/C17H26N2O/c1-13-15(10-12-18-13)16(20)19-17(2,3)11-9-14-7-5-4-6-8-14/h4-8,13,15,18H,9-12H2,1-3H3,(H,19,20). The third-order valence-electron chi connectivity index (χ3n) is 4.21. The molecule has 1 aromatic rings. The average Bonchev–Trinajstić information content (AvgIpc) is 2.84. The Morgan fingerprint density at radius 3 is 2.65 bits per heavy atom. The van der Waals surface area contributed by atoms with Crippen LogP contribution in [0, 0.1) is 5.92 Å². The van der Waals surface area contributed by atoms with Crippen LogP contribution in [-0.4, -0.2) is 24.0 Å². The summed E-state index contributed by atoms with van der Waals surface area (Å²) in [6.07, 6.45) is 2.89. The van der Waals surface area contributed by atoms with Gasteiger partial charge < -0.3 is 10.6 Å². The maximum Gasteiger partial charge on any atom is 0.225 e. The Bertz CT molecular complexity index is 442. The SMILES string of the molecule is CC1NCCC1C(=O)NC(C)(C)CCc1ccccc1. The first kappa shape index (κ1) is 15.0. The molecule has 1 saturated heterocycles. The number of carbonyl (C=O) groups is 1. The van der Waals surface area contributed by atoms with Gasteiger partial charge in [-0.1, -0.05) is 30.3 Å². The van der Waals surface area contributed by atoms with E-state index in [-0.39, 0.29) is 17.4 Å². The summed E-state index contributed by atoms with van der Waals surface area (Å²) < 4.78 is 0. The van der Waals surface area contributed by atoms with E-state index in [1.54, 1.807) is 0 Å². The zero-order valence-electron chi connectivity index (χ0n) is 12.8. The van der Waals surface area contributed by atoms with Crippen molar-refractivity contribution >= 4 is 5.91 Å². The first-order valence-corrected chi connectivity index (χ1v) is 7.57. The second-order valence-electron chi connectivity index (χ2n) is 6.50. The molecule has 1 aliphatic rings. The molecule has 1 amide bonds. The summed E-state index contributed by atoms with van der Waals surface area (Å²) in [7, 11) is 0. The number of nitrogens with one attached hydrogen (secondary N) is 2. The highest BCUT2D eigenvalue weighted by atomic mass is 16.2. The fourth-order valence-electron chi connectivity index (χ4n) is 2.81. The van der Waals surface area contributed by atoms with Crippen LogP contribution in [0.25, 0.3) is 0 Å².